The highest BCUT2D eigenvalue weighted by molar-refractivity contribution is 5.90. The highest BCUT2D eigenvalue weighted by atomic mass is 19.4. The largest absolute Gasteiger partial charge is 0.455 e. The lowest BCUT2D eigenvalue weighted by molar-refractivity contribution is -0.138. The number of hydrogen-bond acceptors (Lipinski definition) is 8. The fourth-order valence-corrected chi connectivity index (χ4v) is 6.32. The summed E-state index contributed by atoms with van der Waals surface area (Å²) in [5.41, 5.74) is 2.51. The molecular weight excluding hydrogens is 625 g/mol. The number of hydrogen-bond donors (Lipinski definition) is 4. The van der Waals surface area contributed by atoms with Crippen molar-refractivity contribution in [3.8, 4) is 23.0 Å². The SMILES string of the molecule is CC[C@H]1CN(C(=O)Nc2ccc(CN3CCNCC3)c(C(F)(F)F)c2)Cc2cc(Oc3ccnc4[nH]c(-c5n[nH]c(C)n5)cc34)cnc21. The number of rotatable bonds is 7. The molecule has 1 aromatic carbocycles. The van der Waals surface area contributed by atoms with Crippen molar-refractivity contribution < 1.29 is 22.7 Å². The summed E-state index contributed by atoms with van der Waals surface area (Å²) in [5, 5.41) is 13.7. The Hall–Kier alpha value is -5.02. The van der Waals surface area contributed by atoms with Gasteiger partial charge >= 0.3 is 12.2 Å². The van der Waals surface area contributed by atoms with E-state index >= 15 is 0 Å². The molecule has 1 fully saturated rings. The molecular formula is C33H35F3N10O2. The van der Waals surface area contributed by atoms with Crippen molar-refractivity contribution in [3.63, 3.8) is 0 Å². The molecule has 0 bridgehead atoms. The van der Waals surface area contributed by atoms with Crippen LogP contribution < -0.4 is 15.4 Å². The van der Waals surface area contributed by atoms with Crippen molar-refractivity contribution in [3.05, 3.63) is 77.0 Å². The number of alkyl halides is 3. The van der Waals surface area contributed by atoms with Crippen LogP contribution in [0.1, 0.15) is 47.5 Å². The lowest BCUT2D eigenvalue weighted by Crippen LogP contribution is -2.43. The summed E-state index contributed by atoms with van der Waals surface area (Å²) < 4.78 is 48.6. The van der Waals surface area contributed by atoms with E-state index in [2.05, 4.69) is 35.8 Å². The number of nitrogens with zero attached hydrogens (tertiary/aromatic N) is 6. The molecule has 2 aliphatic rings. The predicted molar refractivity (Wildman–Crippen MR) is 173 cm³/mol. The summed E-state index contributed by atoms with van der Waals surface area (Å²) in [6, 6.07) is 9.03. The van der Waals surface area contributed by atoms with E-state index in [4.69, 9.17) is 9.72 Å². The van der Waals surface area contributed by atoms with Crippen LogP contribution in [0, 0.1) is 6.92 Å². The van der Waals surface area contributed by atoms with Gasteiger partial charge in [-0.2, -0.15) is 18.3 Å². The first-order chi connectivity index (χ1) is 23.1. The second kappa shape index (κ2) is 12.9. The number of amides is 2. The van der Waals surface area contributed by atoms with E-state index in [1.165, 1.54) is 6.07 Å². The number of piperazine rings is 1. The minimum Gasteiger partial charge on any atom is -0.455 e. The van der Waals surface area contributed by atoms with Gasteiger partial charge in [-0.3, -0.25) is 15.0 Å². The summed E-state index contributed by atoms with van der Waals surface area (Å²) in [4.78, 5) is 33.8. The number of halogens is 3. The Balaban J connectivity index is 1.09. The number of aromatic amines is 2. The number of nitrogens with one attached hydrogen (secondary N) is 4. The van der Waals surface area contributed by atoms with Gasteiger partial charge in [0.15, 0.2) is 5.82 Å². The van der Waals surface area contributed by atoms with Crippen LogP contribution >= 0.6 is 0 Å². The molecule has 4 N–H and O–H groups in total. The summed E-state index contributed by atoms with van der Waals surface area (Å²) in [6.07, 6.45) is -0.536. The first-order valence-corrected chi connectivity index (χ1v) is 15.9. The number of H-pyrrole nitrogens is 2. The van der Waals surface area contributed by atoms with E-state index in [1.807, 2.05) is 30.9 Å². The lowest BCUT2D eigenvalue weighted by Gasteiger charge is -2.34. The second-order valence-corrected chi connectivity index (χ2v) is 12.1. The molecule has 1 saturated heterocycles. The molecule has 7 rings (SSSR count). The highest BCUT2D eigenvalue weighted by Gasteiger charge is 2.35. The maximum atomic E-state index is 14.1. The summed E-state index contributed by atoms with van der Waals surface area (Å²) in [6.45, 7) is 7.46. The van der Waals surface area contributed by atoms with Crippen LogP contribution in [0.4, 0.5) is 23.7 Å². The number of carbonyl (C=O) groups excluding carboxylic acids is 1. The minimum atomic E-state index is -4.55. The topological polar surface area (TPSA) is 140 Å². The molecule has 0 aliphatic carbocycles. The van der Waals surface area contributed by atoms with Crippen LogP contribution in [0.5, 0.6) is 11.5 Å². The first-order valence-electron chi connectivity index (χ1n) is 15.9. The van der Waals surface area contributed by atoms with Gasteiger partial charge < -0.3 is 25.3 Å². The molecule has 48 heavy (non-hydrogen) atoms. The molecule has 4 aromatic heterocycles. The van der Waals surface area contributed by atoms with E-state index < -0.39 is 17.8 Å². The third kappa shape index (κ3) is 6.55. The number of fused-ring (bicyclic) bond motifs is 2. The van der Waals surface area contributed by atoms with E-state index in [1.54, 1.807) is 29.4 Å². The van der Waals surface area contributed by atoms with Crippen LogP contribution in [0.3, 0.4) is 0 Å². The maximum Gasteiger partial charge on any atom is 0.416 e. The third-order valence-corrected chi connectivity index (χ3v) is 8.77. The average molecular weight is 661 g/mol. The molecule has 12 nitrogen and oxygen atoms in total. The van der Waals surface area contributed by atoms with Crippen LogP contribution in [0.25, 0.3) is 22.6 Å². The molecule has 2 amide bonds. The van der Waals surface area contributed by atoms with Crippen LogP contribution in [-0.2, 0) is 19.3 Å². The normalized spacial score (nSPS) is 17.0. The smallest absolute Gasteiger partial charge is 0.416 e. The van der Waals surface area contributed by atoms with Crippen molar-refractivity contribution in [1.82, 2.24) is 45.2 Å². The number of carbonyl (C=O) groups is 1. The Kier molecular flexibility index (Phi) is 8.47. The molecule has 6 heterocycles. The number of pyridine rings is 2. The molecule has 1 atom stereocenters. The average Bonchev–Trinajstić information content (AvgIpc) is 3.71. The highest BCUT2D eigenvalue weighted by Crippen LogP contribution is 2.37. The Morgan fingerprint density at radius 1 is 1.12 bits per heavy atom. The van der Waals surface area contributed by atoms with Gasteiger partial charge in [0.25, 0.3) is 0 Å². The number of benzene rings is 1. The maximum absolute atomic E-state index is 14.1. The van der Waals surface area contributed by atoms with E-state index in [9.17, 15) is 18.0 Å². The van der Waals surface area contributed by atoms with E-state index in [-0.39, 0.29) is 30.3 Å². The van der Waals surface area contributed by atoms with Crippen molar-refractivity contribution in [2.24, 2.45) is 0 Å². The molecule has 250 valence electrons. The zero-order valence-corrected chi connectivity index (χ0v) is 26.5. The lowest BCUT2D eigenvalue weighted by atomic mass is 9.92. The second-order valence-electron chi connectivity index (χ2n) is 12.1. The molecule has 2 aliphatic heterocycles. The van der Waals surface area contributed by atoms with Gasteiger partial charge in [0.05, 0.1) is 28.5 Å². The van der Waals surface area contributed by atoms with Crippen molar-refractivity contribution in [1.29, 1.82) is 0 Å². The van der Waals surface area contributed by atoms with Crippen molar-refractivity contribution >= 4 is 22.8 Å². The van der Waals surface area contributed by atoms with Gasteiger partial charge in [-0.05, 0) is 54.8 Å². The van der Waals surface area contributed by atoms with Crippen LogP contribution in [0.2, 0.25) is 0 Å². The quantitative estimate of drug-likeness (QED) is 0.172. The number of ether oxygens (including phenoxy) is 1. The Morgan fingerprint density at radius 3 is 2.71 bits per heavy atom. The molecule has 0 saturated carbocycles. The summed E-state index contributed by atoms with van der Waals surface area (Å²) >= 11 is 0. The van der Waals surface area contributed by atoms with Crippen LogP contribution in [0.15, 0.2) is 48.8 Å². The molecule has 0 radical (unpaired) electrons. The van der Waals surface area contributed by atoms with Gasteiger partial charge in [0, 0.05) is 63.6 Å². The number of aryl methyl sites for hydroxylation is 1. The molecule has 0 unspecified atom stereocenters. The predicted octanol–water partition coefficient (Wildman–Crippen LogP) is 5.81. The minimum absolute atomic E-state index is 0.0506. The van der Waals surface area contributed by atoms with Crippen LogP contribution in [-0.4, -0.2) is 78.7 Å². The third-order valence-electron chi connectivity index (χ3n) is 8.77. The Labute approximate surface area is 274 Å². The first kappa shape index (κ1) is 31.6. The monoisotopic (exact) mass is 660 g/mol. The molecule has 0 spiro atoms. The van der Waals surface area contributed by atoms with E-state index in [0.29, 0.717) is 54.1 Å². The fraction of sp³-hybridized carbons (Fsp3) is 0.364. The molecule has 15 heteroatoms. The van der Waals surface area contributed by atoms with Gasteiger partial charge in [-0.15, -0.1) is 0 Å². The number of aromatic nitrogens is 6. The number of anilines is 1. The Morgan fingerprint density at radius 2 is 1.96 bits per heavy atom. The fourth-order valence-electron chi connectivity index (χ4n) is 6.32. The summed E-state index contributed by atoms with van der Waals surface area (Å²) in [5.74, 6) is 2.17. The van der Waals surface area contributed by atoms with Gasteiger partial charge in [0.2, 0.25) is 0 Å². The van der Waals surface area contributed by atoms with Crippen molar-refractivity contribution in [2.45, 2.75) is 45.5 Å². The zero-order chi connectivity index (χ0) is 33.4. The molecule has 5 aromatic rings. The number of urea groups is 1. The zero-order valence-electron chi connectivity index (χ0n) is 26.5. The van der Waals surface area contributed by atoms with Gasteiger partial charge in [0.1, 0.15) is 23.0 Å². The summed E-state index contributed by atoms with van der Waals surface area (Å²) in [7, 11) is 0. The van der Waals surface area contributed by atoms with E-state index in [0.717, 1.165) is 42.2 Å². The Bertz CT molecular complexity index is 1950. The standard InChI is InChI=1S/C33H35F3N10O2/c1-3-20-17-46(32(47)41-23-5-4-21(26(13-23)33(34,35)36)16-45-10-8-37-9-11-45)18-22-12-24(15-39-29(20)22)48-28-6-7-38-30-25(28)14-27(42-30)31-40-19(2)43-44-31/h4-7,12-15,20,37H,3,8-11,16-18H2,1-2H3,(H,38,42)(H,41,47)(H,40,43,44)/t20-/m0/s1. The van der Waals surface area contributed by atoms with Gasteiger partial charge in [-0.1, -0.05) is 13.0 Å². The van der Waals surface area contributed by atoms with Gasteiger partial charge in [-0.25, -0.2) is 14.8 Å². The van der Waals surface area contributed by atoms with Crippen molar-refractivity contribution in [2.75, 3.05) is 38.0 Å².